The fourth-order valence-electron chi connectivity index (χ4n) is 1.84. The summed E-state index contributed by atoms with van der Waals surface area (Å²) >= 11 is 6.90. The van der Waals surface area contributed by atoms with Crippen molar-refractivity contribution in [2.45, 2.75) is 22.4 Å². The Morgan fingerprint density at radius 2 is 1.68 bits per heavy atom. The van der Waals surface area contributed by atoms with Crippen LogP contribution in [-0.4, -0.2) is 11.1 Å². The van der Waals surface area contributed by atoms with Gasteiger partial charge in [0.2, 0.25) is 0 Å². The first kappa shape index (κ1) is 16.7. The quantitative estimate of drug-likeness (QED) is 0.833. The number of halogens is 4. The van der Waals surface area contributed by atoms with E-state index in [4.69, 9.17) is 16.7 Å². The van der Waals surface area contributed by atoms with Crippen molar-refractivity contribution in [2.75, 3.05) is 0 Å². The van der Waals surface area contributed by atoms with Gasteiger partial charge in [0.15, 0.2) is 0 Å². The van der Waals surface area contributed by atoms with E-state index in [0.29, 0.717) is 9.92 Å². The molecule has 0 aliphatic rings. The molecule has 0 aromatic heterocycles. The summed E-state index contributed by atoms with van der Waals surface area (Å²) < 4.78 is 39.2. The number of rotatable bonds is 4. The summed E-state index contributed by atoms with van der Waals surface area (Å²) in [5.41, 5.74) is -1.17. The second-order valence-electron chi connectivity index (χ2n) is 4.44. The van der Waals surface area contributed by atoms with E-state index in [0.717, 1.165) is 22.7 Å². The van der Waals surface area contributed by atoms with Gasteiger partial charge in [-0.15, -0.1) is 0 Å². The van der Waals surface area contributed by atoms with Crippen LogP contribution in [0.2, 0.25) is 5.02 Å². The highest BCUT2D eigenvalue weighted by Crippen LogP contribution is 2.37. The lowest BCUT2D eigenvalue weighted by Gasteiger charge is -2.13. The summed E-state index contributed by atoms with van der Waals surface area (Å²) in [5.74, 6) is -1.30. The van der Waals surface area contributed by atoms with E-state index in [1.165, 1.54) is 12.1 Å². The number of hydrogen-bond acceptors (Lipinski definition) is 2. The lowest BCUT2D eigenvalue weighted by Crippen LogP contribution is -2.12. The standard InChI is InChI=1S/C15H10ClF3O2S/c16-10-2-5-11(6-3-10)22-12-4-1-9(7-14(20)21)13(8-12)15(17,18)19/h1-6,8H,7H2,(H,20,21). The van der Waals surface area contributed by atoms with Crippen molar-refractivity contribution in [1.82, 2.24) is 0 Å². The number of carboxylic acid groups (broad SMARTS) is 1. The summed E-state index contributed by atoms with van der Waals surface area (Å²) in [5, 5.41) is 9.24. The summed E-state index contributed by atoms with van der Waals surface area (Å²) in [6.45, 7) is 0. The molecule has 0 saturated heterocycles. The maximum absolute atomic E-state index is 13.1. The van der Waals surface area contributed by atoms with Crippen LogP contribution in [0.1, 0.15) is 11.1 Å². The van der Waals surface area contributed by atoms with Crippen molar-refractivity contribution in [1.29, 1.82) is 0 Å². The molecule has 7 heteroatoms. The van der Waals surface area contributed by atoms with Crippen molar-refractivity contribution in [3.05, 3.63) is 58.6 Å². The summed E-state index contributed by atoms with van der Waals surface area (Å²) in [6, 6.07) is 10.3. The topological polar surface area (TPSA) is 37.3 Å². The first-order valence-electron chi connectivity index (χ1n) is 6.11. The summed E-state index contributed by atoms with van der Waals surface area (Å²) in [4.78, 5) is 11.8. The molecule has 0 fully saturated rings. The van der Waals surface area contributed by atoms with E-state index in [9.17, 15) is 18.0 Å². The summed E-state index contributed by atoms with van der Waals surface area (Å²) in [7, 11) is 0. The Morgan fingerprint density at radius 1 is 1.09 bits per heavy atom. The summed E-state index contributed by atoms with van der Waals surface area (Å²) in [6.07, 6.45) is -5.26. The van der Waals surface area contributed by atoms with Crippen LogP contribution in [0.4, 0.5) is 13.2 Å². The highest BCUT2D eigenvalue weighted by Gasteiger charge is 2.34. The van der Waals surface area contributed by atoms with E-state index in [-0.39, 0.29) is 5.56 Å². The van der Waals surface area contributed by atoms with Gasteiger partial charge < -0.3 is 5.11 Å². The van der Waals surface area contributed by atoms with Gasteiger partial charge in [0.25, 0.3) is 0 Å². The highest BCUT2D eigenvalue weighted by molar-refractivity contribution is 7.99. The molecule has 2 aromatic rings. The fourth-order valence-corrected chi connectivity index (χ4v) is 2.82. The fraction of sp³-hybridized carbons (Fsp3) is 0.133. The molecule has 0 radical (unpaired) electrons. The zero-order valence-electron chi connectivity index (χ0n) is 11.0. The minimum Gasteiger partial charge on any atom is -0.481 e. The van der Waals surface area contributed by atoms with Crippen LogP contribution in [0.15, 0.2) is 52.3 Å². The Morgan fingerprint density at radius 3 is 2.23 bits per heavy atom. The number of carbonyl (C=O) groups is 1. The molecule has 2 rings (SSSR count). The minimum atomic E-state index is -4.60. The SMILES string of the molecule is O=C(O)Cc1ccc(Sc2ccc(Cl)cc2)cc1C(F)(F)F. The van der Waals surface area contributed by atoms with Gasteiger partial charge in [-0.25, -0.2) is 0 Å². The molecule has 0 bridgehead atoms. The van der Waals surface area contributed by atoms with E-state index >= 15 is 0 Å². The number of aliphatic carboxylic acids is 1. The molecular weight excluding hydrogens is 337 g/mol. The maximum atomic E-state index is 13.1. The average Bonchev–Trinajstić information content (AvgIpc) is 2.41. The van der Waals surface area contributed by atoms with Crippen molar-refractivity contribution in [2.24, 2.45) is 0 Å². The van der Waals surface area contributed by atoms with Crippen molar-refractivity contribution in [3.8, 4) is 0 Å². The highest BCUT2D eigenvalue weighted by atomic mass is 35.5. The third kappa shape index (κ3) is 4.42. The maximum Gasteiger partial charge on any atom is 0.416 e. The minimum absolute atomic E-state index is 0.250. The molecule has 2 aromatic carbocycles. The molecule has 0 aliphatic heterocycles. The first-order valence-corrected chi connectivity index (χ1v) is 7.30. The van der Waals surface area contributed by atoms with E-state index in [1.807, 2.05) is 0 Å². The second-order valence-corrected chi connectivity index (χ2v) is 6.03. The van der Waals surface area contributed by atoms with Crippen LogP contribution in [0.3, 0.4) is 0 Å². The molecule has 0 saturated carbocycles. The Kier molecular flexibility index (Phi) is 5.03. The molecular formula is C15H10ClF3O2S. The first-order chi connectivity index (χ1) is 10.3. The molecule has 22 heavy (non-hydrogen) atoms. The molecule has 1 N–H and O–H groups in total. The molecule has 0 aliphatic carbocycles. The largest absolute Gasteiger partial charge is 0.481 e. The Hall–Kier alpha value is -1.66. The predicted octanol–water partition coefficient (Wildman–Crippen LogP) is 5.14. The van der Waals surface area contributed by atoms with Gasteiger partial charge >= 0.3 is 12.1 Å². The second kappa shape index (κ2) is 6.62. The third-order valence-electron chi connectivity index (χ3n) is 2.78. The van der Waals surface area contributed by atoms with Gasteiger partial charge in [0, 0.05) is 14.8 Å². The van der Waals surface area contributed by atoms with Gasteiger partial charge in [-0.3, -0.25) is 4.79 Å². The number of benzene rings is 2. The van der Waals surface area contributed by atoms with Crippen LogP contribution < -0.4 is 0 Å². The average molecular weight is 347 g/mol. The molecule has 116 valence electrons. The Labute approximate surface area is 133 Å². The zero-order chi connectivity index (χ0) is 16.3. The molecule has 2 nitrogen and oxygen atoms in total. The van der Waals surface area contributed by atoms with E-state index in [2.05, 4.69) is 0 Å². The smallest absolute Gasteiger partial charge is 0.416 e. The van der Waals surface area contributed by atoms with Gasteiger partial charge in [0.05, 0.1) is 12.0 Å². The molecule has 0 unspecified atom stereocenters. The van der Waals surface area contributed by atoms with Crippen LogP contribution in [0, 0.1) is 0 Å². The van der Waals surface area contributed by atoms with Crippen molar-refractivity contribution >= 4 is 29.3 Å². The monoisotopic (exact) mass is 346 g/mol. The zero-order valence-corrected chi connectivity index (χ0v) is 12.6. The van der Waals surface area contributed by atoms with Gasteiger partial charge in [0.1, 0.15) is 0 Å². The van der Waals surface area contributed by atoms with Crippen LogP contribution in [0.5, 0.6) is 0 Å². The van der Waals surface area contributed by atoms with E-state index in [1.54, 1.807) is 24.3 Å². The lowest BCUT2D eigenvalue weighted by molar-refractivity contribution is -0.139. The van der Waals surface area contributed by atoms with E-state index < -0.39 is 24.1 Å². The number of hydrogen-bond donors (Lipinski definition) is 1. The molecule has 0 spiro atoms. The normalized spacial score (nSPS) is 11.5. The predicted molar refractivity (Wildman–Crippen MR) is 78.4 cm³/mol. The van der Waals surface area contributed by atoms with Gasteiger partial charge in [-0.2, -0.15) is 13.2 Å². The van der Waals surface area contributed by atoms with Gasteiger partial charge in [-0.05, 0) is 42.0 Å². The number of carboxylic acids is 1. The number of alkyl halides is 3. The van der Waals surface area contributed by atoms with Crippen LogP contribution in [0.25, 0.3) is 0 Å². The van der Waals surface area contributed by atoms with Crippen molar-refractivity contribution in [3.63, 3.8) is 0 Å². The lowest BCUT2D eigenvalue weighted by atomic mass is 10.0. The Balaban J connectivity index is 2.33. The molecule has 0 amide bonds. The van der Waals surface area contributed by atoms with Crippen molar-refractivity contribution < 1.29 is 23.1 Å². The van der Waals surface area contributed by atoms with Crippen LogP contribution in [-0.2, 0) is 17.4 Å². The molecule has 0 atom stereocenters. The van der Waals surface area contributed by atoms with Gasteiger partial charge in [-0.1, -0.05) is 29.4 Å². The Bertz CT molecular complexity index is 684. The van der Waals surface area contributed by atoms with Crippen LogP contribution >= 0.6 is 23.4 Å². The molecule has 0 heterocycles. The third-order valence-corrected chi connectivity index (χ3v) is 4.03.